The van der Waals surface area contributed by atoms with Crippen LogP contribution in [0.3, 0.4) is 0 Å². The fourth-order valence-corrected chi connectivity index (χ4v) is 5.86. The van der Waals surface area contributed by atoms with E-state index < -0.39 is 50.5 Å². The highest BCUT2D eigenvalue weighted by atomic mass is 35.5. The van der Waals surface area contributed by atoms with Gasteiger partial charge < -0.3 is 10.6 Å². The maximum Gasteiger partial charge on any atom is 0.418 e. The van der Waals surface area contributed by atoms with Gasteiger partial charge in [0.1, 0.15) is 10.0 Å². The van der Waals surface area contributed by atoms with Crippen molar-refractivity contribution in [1.29, 1.82) is 0 Å². The fraction of sp³-hybridized carbons (Fsp3) is 0.0909. The molecule has 4 aromatic rings. The van der Waals surface area contributed by atoms with Crippen LogP contribution >= 0.6 is 22.9 Å². The Hall–Kier alpha value is -3.62. The third-order valence-electron chi connectivity index (χ3n) is 5.12. The smallest absolute Gasteiger partial charge is 0.386 e. The van der Waals surface area contributed by atoms with Crippen LogP contribution in [0.25, 0.3) is 16.5 Å². The van der Waals surface area contributed by atoms with Crippen molar-refractivity contribution in [2.75, 3.05) is 17.7 Å². The number of carbonyl (C=O) groups excluding carboxylic acids is 1. The fourth-order valence-electron chi connectivity index (χ4n) is 3.47. The second-order valence-electron chi connectivity index (χ2n) is 7.51. The van der Waals surface area contributed by atoms with E-state index in [0.717, 1.165) is 30.5 Å². The first-order valence-electron chi connectivity index (χ1n) is 10.1. The molecule has 2 aromatic heterocycles. The quantitative estimate of drug-likeness (QED) is 0.276. The van der Waals surface area contributed by atoms with Crippen LogP contribution in [0.1, 0.15) is 5.56 Å². The Kier molecular flexibility index (Phi) is 6.92. The number of nitrogens with one attached hydrogen (secondary N) is 3. The normalized spacial score (nSPS) is 11.9. The van der Waals surface area contributed by atoms with E-state index in [0.29, 0.717) is 27.4 Å². The summed E-state index contributed by atoms with van der Waals surface area (Å²) < 4.78 is 82.8. The average Bonchev–Trinajstić information content (AvgIpc) is 3.26. The highest BCUT2D eigenvalue weighted by Gasteiger charge is 2.35. The van der Waals surface area contributed by atoms with Gasteiger partial charge in [0, 0.05) is 18.9 Å². The SMILES string of the molecule is CNc1cc2ccn(-c3ccc(NC(=O)NS(=O)(=O)c4ccc(Cl)s4)cc3C(F)(F)F)c(=O)c2cc1F. The Labute approximate surface area is 215 Å². The Morgan fingerprint density at radius 2 is 1.81 bits per heavy atom. The van der Waals surface area contributed by atoms with Gasteiger partial charge in [0.05, 0.1) is 26.7 Å². The van der Waals surface area contributed by atoms with E-state index in [4.69, 9.17) is 11.6 Å². The summed E-state index contributed by atoms with van der Waals surface area (Å²) in [5.41, 5.74) is -3.06. The van der Waals surface area contributed by atoms with Crippen LogP contribution in [0.2, 0.25) is 4.34 Å². The Morgan fingerprint density at radius 1 is 1.08 bits per heavy atom. The summed E-state index contributed by atoms with van der Waals surface area (Å²) in [6, 6.07) is 7.31. The molecular weight excluding hydrogens is 560 g/mol. The number of nitrogens with zero attached hydrogens (tertiary/aromatic N) is 1. The van der Waals surface area contributed by atoms with E-state index >= 15 is 0 Å². The first-order chi connectivity index (χ1) is 17.3. The lowest BCUT2D eigenvalue weighted by Gasteiger charge is -2.17. The molecule has 0 aliphatic heterocycles. The van der Waals surface area contributed by atoms with Gasteiger partial charge >= 0.3 is 12.2 Å². The van der Waals surface area contributed by atoms with E-state index in [-0.39, 0.29) is 19.6 Å². The van der Waals surface area contributed by atoms with Crippen molar-refractivity contribution >= 4 is 61.1 Å². The van der Waals surface area contributed by atoms with Gasteiger partial charge in [-0.05, 0) is 53.9 Å². The van der Waals surface area contributed by atoms with E-state index in [9.17, 15) is 35.6 Å². The lowest BCUT2D eigenvalue weighted by Crippen LogP contribution is -2.34. The van der Waals surface area contributed by atoms with Crippen molar-refractivity contribution in [3.63, 3.8) is 0 Å². The van der Waals surface area contributed by atoms with E-state index in [2.05, 4.69) is 5.32 Å². The van der Waals surface area contributed by atoms with Gasteiger partial charge in [-0.15, -0.1) is 11.3 Å². The average molecular weight is 575 g/mol. The number of urea groups is 1. The lowest BCUT2D eigenvalue weighted by molar-refractivity contribution is -0.137. The van der Waals surface area contributed by atoms with Gasteiger partial charge in [-0.1, -0.05) is 11.6 Å². The minimum Gasteiger partial charge on any atom is -0.386 e. The van der Waals surface area contributed by atoms with E-state index in [1.54, 1.807) is 4.72 Å². The maximum absolute atomic E-state index is 14.2. The molecule has 3 N–H and O–H groups in total. The van der Waals surface area contributed by atoms with Crippen LogP contribution in [0.15, 0.2) is 63.7 Å². The molecule has 8 nitrogen and oxygen atoms in total. The molecule has 0 radical (unpaired) electrons. The molecule has 194 valence electrons. The maximum atomic E-state index is 14.2. The predicted octanol–water partition coefficient (Wildman–Crippen LogP) is 5.42. The first-order valence-corrected chi connectivity index (χ1v) is 12.8. The number of thiophene rings is 1. The van der Waals surface area contributed by atoms with Crippen LogP contribution in [-0.4, -0.2) is 26.1 Å². The number of alkyl halides is 3. The van der Waals surface area contributed by atoms with Crippen molar-refractivity contribution in [3.8, 4) is 5.69 Å². The third-order valence-corrected chi connectivity index (χ3v) is 8.17. The number of benzene rings is 2. The van der Waals surface area contributed by atoms with E-state index in [1.807, 2.05) is 5.32 Å². The number of pyridine rings is 1. The molecule has 2 heterocycles. The molecule has 0 atom stereocenters. The van der Waals surface area contributed by atoms with Crippen molar-refractivity contribution in [1.82, 2.24) is 9.29 Å². The van der Waals surface area contributed by atoms with E-state index in [1.165, 1.54) is 25.2 Å². The summed E-state index contributed by atoms with van der Waals surface area (Å²) in [4.78, 5) is 25.2. The Balaban J connectivity index is 1.70. The first kappa shape index (κ1) is 26.4. The van der Waals surface area contributed by atoms with Crippen LogP contribution < -0.4 is 20.9 Å². The monoisotopic (exact) mass is 574 g/mol. The van der Waals surface area contributed by atoms with Crippen molar-refractivity contribution in [3.05, 3.63) is 80.8 Å². The van der Waals surface area contributed by atoms with Gasteiger partial charge in [0.25, 0.3) is 15.6 Å². The number of carbonyl (C=O) groups is 1. The highest BCUT2D eigenvalue weighted by molar-refractivity contribution is 7.92. The number of hydrogen-bond acceptors (Lipinski definition) is 6. The highest BCUT2D eigenvalue weighted by Crippen LogP contribution is 2.36. The summed E-state index contributed by atoms with van der Waals surface area (Å²) in [6.07, 6.45) is -3.86. The number of sulfonamides is 1. The summed E-state index contributed by atoms with van der Waals surface area (Å²) in [5, 5.41) is 4.81. The van der Waals surface area contributed by atoms with Crippen LogP contribution in [-0.2, 0) is 16.2 Å². The van der Waals surface area contributed by atoms with Gasteiger partial charge in [-0.3, -0.25) is 9.36 Å². The molecule has 0 unspecified atom stereocenters. The summed E-state index contributed by atoms with van der Waals surface area (Å²) in [7, 11) is -2.84. The molecule has 0 aliphatic rings. The van der Waals surface area contributed by atoms with Crippen LogP contribution in [0.4, 0.5) is 33.7 Å². The summed E-state index contributed by atoms with van der Waals surface area (Å²) in [5.74, 6) is -0.758. The molecular formula is C22H15ClF4N4O4S2. The predicted molar refractivity (Wildman–Crippen MR) is 133 cm³/mol. The Morgan fingerprint density at radius 3 is 2.43 bits per heavy atom. The van der Waals surface area contributed by atoms with Gasteiger partial charge in [0.15, 0.2) is 0 Å². The summed E-state index contributed by atoms with van der Waals surface area (Å²) in [6.45, 7) is 0. The number of fused-ring (bicyclic) bond motifs is 1. The van der Waals surface area contributed by atoms with Crippen molar-refractivity contribution < 1.29 is 30.8 Å². The van der Waals surface area contributed by atoms with Crippen molar-refractivity contribution in [2.24, 2.45) is 0 Å². The summed E-state index contributed by atoms with van der Waals surface area (Å²) >= 11 is 6.38. The van der Waals surface area contributed by atoms with Crippen molar-refractivity contribution in [2.45, 2.75) is 10.4 Å². The lowest BCUT2D eigenvalue weighted by atomic mass is 10.1. The molecule has 0 fully saturated rings. The molecule has 4 rings (SSSR count). The Bertz CT molecular complexity index is 1700. The minimum atomic E-state index is -4.97. The molecule has 2 amide bonds. The zero-order valence-electron chi connectivity index (χ0n) is 18.5. The second-order valence-corrected chi connectivity index (χ2v) is 11.1. The van der Waals surface area contributed by atoms with Crippen LogP contribution in [0.5, 0.6) is 0 Å². The minimum absolute atomic E-state index is 0.110. The standard InChI is InChI=1S/C22H15ClF4N4O4S2/c1-28-16-8-11-6-7-31(20(32)13(11)10-15(16)24)17-3-2-12(9-14(17)22(25,26)27)29-21(33)30-37(34,35)19-5-4-18(23)36-19/h2-10,28H,1H3,(H2,29,30,33). The molecule has 37 heavy (non-hydrogen) atoms. The molecule has 15 heteroatoms. The molecule has 0 aliphatic carbocycles. The molecule has 0 saturated carbocycles. The molecule has 0 bridgehead atoms. The number of halogens is 5. The third kappa shape index (κ3) is 5.40. The molecule has 2 aromatic carbocycles. The molecule has 0 saturated heterocycles. The number of rotatable bonds is 5. The number of anilines is 2. The number of aromatic nitrogens is 1. The topological polar surface area (TPSA) is 109 Å². The largest absolute Gasteiger partial charge is 0.418 e. The second kappa shape index (κ2) is 9.68. The molecule has 0 spiro atoms. The van der Waals surface area contributed by atoms with Gasteiger partial charge in [0.2, 0.25) is 0 Å². The van der Waals surface area contributed by atoms with Gasteiger partial charge in [-0.25, -0.2) is 22.3 Å². The number of amides is 2. The number of hydrogen-bond donors (Lipinski definition) is 3. The van der Waals surface area contributed by atoms with Crippen LogP contribution in [0, 0.1) is 5.82 Å². The zero-order valence-corrected chi connectivity index (χ0v) is 20.9. The van der Waals surface area contributed by atoms with Gasteiger partial charge in [-0.2, -0.15) is 13.2 Å². The zero-order chi connectivity index (χ0) is 27.1.